The summed E-state index contributed by atoms with van der Waals surface area (Å²) in [6.45, 7) is 9.29. The smallest absolute Gasteiger partial charge is 0.148 e. The largest absolute Gasteiger partial charge is 0.298 e. The standard InChI is InChI=1S/C16H22N2OS/c1-5-18-15-9-7-6-8-13(15)14(17-18)10-12(19)11-20-16(2,3)4/h6-9H,5,10-11H2,1-4H3. The molecule has 0 bridgehead atoms. The highest BCUT2D eigenvalue weighted by atomic mass is 32.2. The second kappa shape index (κ2) is 6.00. The van der Waals surface area contributed by atoms with Crippen LogP contribution < -0.4 is 0 Å². The number of aromatic nitrogens is 2. The van der Waals surface area contributed by atoms with Crippen molar-refractivity contribution in [2.24, 2.45) is 0 Å². The van der Waals surface area contributed by atoms with Gasteiger partial charge in [0.1, 0.15) is 5.78 Å². The predicted molar refractivity (Wildman–Crippen MR) is 86.3 cm³/mol. The van der Waals surface area contributed by atoms with E-state index in [2.05, 4.69) is 38.9 Å². The molecule has 0 N–H and O–H groups in total. The van der Waals surface area contributed by atoms with Gasteiger partial charge in [-0.25, -0.2) is 0 Å². The normalized spacial score (nSPS) is 12.0. The van der Waals surface area contributed by atoms with Gasteiger partial charge in [-0.15, -0.1) is 11.8 Å². The predicted octanol–water partition coefficient (Wildman–Crippen LogP) is 3.70. The van der Waals surface area contributed by atoms with E-state index in [-0.39, 0.29) is 10.5 Å². The Kier molecular flexibility index (Phi) is 4.53. The van der Waals surface area contributed by atoms with E-state index in [0.717, 1.165) is 23.1 Å². The lowest BCUT2D eigenvalue weighted by Crippen LogP contribution is -2.14. The van der Waals surface area contributed by atoms with Crippen molar-refractivity contribution in [3.05, 3.63) is 30.0 Å². The Morgan fingerprint density at radius 2 is 2.00 bits per heavy atom. The van der Waals surface area contributed by atoms with Crippen LogP contribution in [0.15, 0.2) is 24.3 Å². The third-order valence-corrected chi connectivity index (χ3v) is 4.40. The van der Waals surface area contributed by atoms with Gasteiger partial charge in [0.05, 0.1) is 23.4 Å². The van der Waals surface area contributed by atoms with Gasteiger partial charge in [-0.3, -0.25) is 9.48 Å². The minimum Gasteiger partial charge on any atom is -0.298 e. The van der Waals surface area contributed by atoms with E-state index >= 15 is 0 Å². The molecule has 4 heteroatoms. The third kappa shape index (κ3) is 3.63. The number of nitrogens with zero attached hydrogens (tertiary/aromatic N) is 2. The maximum absolute atomic E-state index is 12.1. The first kappa shape index (κ1) is 15.1. The van der Waals surface area contributed by atoms with Crippen LogP contribution >= 0.6 is 11.8 Å². The van der Waals surface area contributed by atoms with Gasteiger partial charge in [-0.05, 0) is 13.0 Å². The van der Waals surface area contributed by atoms with Crippen LogP contribution in [0.25, 0.3) is 10.9 Å². The Morgan fingerprint density at radius 1 is 1.30 bits per heavy atom. The highest BCUT2D eigenvalue weighted by Crippen LogP contribution is 2.24. The van der Waals surface area contributed by atoms with Crippen molar-refractivity contribution in [3.8, 4) is 0 Å². The number of fused-ring (bicyclic) bond motifs is 1. The van der Waals surface area contributed by atoms with Gasteiger partial charge in [-0.2, -0.15) is 5.10 Å². The molecule has 0 aliphatic heterocycles. The third-order valence-electron chi connectivity index (χ3n) is 3.06. The number of carbonyl (C=O) groups excluding carboxylic acids is 1. The number of hydrogen-bond donors (Lipinski definition) is 0. The van der Waals surface area contributed by atoms with Crippen molar-refractivity contribution >= 4 is 28.4 Å². The van der Waals surface area contributed by atoms with E-state index in [1.807, 2.05) is 22.9 Å². The first-order valence-corrected chi connectivity index (χ1v) is 7.99. The number of thioether (sulfide) groups is 1. The van der Waals surface area contributed by atoms with Crippen molar-refractivity contribution < 1.29 is 4.79 Å². The number of carbonyl (C=O) groups is 1. The molecule has 0 fully saturated rings. The molecule has 1 aromatic heterocycles. The molecular formula is C16H22N2OS. The zero-order chi connectivity index (χ0) is 14.8. The molecule has 2 aromatic rings. The Labute approximate surface area is 124 Å². The average molecular weight is 290 g/mol. The summed E-state index contributed by atoms with van der Waals surface area (Å²) in [5.41, 5.74) is 2.02. The van der Waals surface area contributed by atoms with Crippen LogP contribution in [0.3, 0.4) is 0 Å². The molecule has 0 saturated heterocycles. The molecular weight excluding hydrogens is 268 g/mol. The molecule has 108 valence electrons. The topological polar surface area (TPSA) is 34.9 Å². The quantitative estimate of drug-likeness (QED) is 0.842. The van der Waals surface area contributed by atoms with Gasteiger partial charge in [0.25, 0.3) is 0 Å². The Morgan fingerprint density at radius 3 is 2.65 bits per heavy atom. The number of para-hydroxylation sites is 1. The van der Waals surface area contributed by atoms with Crippen LogP contribution in [0, 0.1) is 0 Å². The number of ketones is 1. The zero-order valence-corrected chi connectivity index (χ0v) is 13.5. The molecule has 3 nitrogen and oxygen atoms in total. The van der Waals surface area contributed by atoms with E-state index in [4.69, 9.17) is 0 Å². The fourth-order valence-electron chi connectivity index (χ4n) is 2.10. The molecule has 0 aliphatic rings. The molecule has 0 radical (unpaired) electrons. The lowest BCUT2D eigenvalue weighted by atomic mass is 10.1. The second-order valence-electron chi connectivity index (χ2n) is 5.90. The molecule has 1 heterocycles. The van der Waals surface area contributed by atoms with Crippen molar-refractivity contribution in [2.45, 2.75) is 45.4 Å². The monoisotopic (exact) mass is 290 g/mol. The summed E-state index contributed by atoms with van der Waals surface area (Å²) in [5.74, 6) is 0.799. The molecule has 0 aliphatic carbocycles. The number of aryl methyl sites for hydroxylation is 1. The molecule has 0 amide bonds. The van der Waals surface area contributed by atoms with Crippen LogP contribution in [0.5, 0.6) is 0 Å². The summed E-state index contributed by atoms with van der Waals surface area (Å²) in [7, 11) is 0. The summed E-state index contributed by atoms with van der Waals surface area (Å²) >= 11 is 1.69. The van der Waals surface area contributed by atoms with E-state index in [0.29, 0.717) is 12.2 Å². The molecule has 0 spiro atoms. The zero-order valence-electron chi connectivity index (χ0n) is 12.6. The van der Waals surface area contributed by atoms with E-state index < -0.39 is 0 Å². The second-order valence-corrected chi connectivity index (χ2v) is 7.70. The summed E-state index contributed by atoms with van der Waals surface area (Å²) in [6, 6.07) is 8.12. The van der Waals surface area contributed by atoms with Crippen LogP contribution in [0.1, 0.15) is 33.4 Å². The first-order valence-electron chi connectivity index (χ1n) is 7.01. The van der Waals surface area contributed by atoms with Crippen molar-refractivity contribution in [2.75, 3.05) is 5.75 Å². The highest BCUT2D eigenvalue weighted by Gasteiger charge is 2.16. The fourth-order valence-corrected chi connectivity index (χ4v) is 2.80. The molecule has 2 rings (SSSR count). The van der Waals surface area contributed by atoms with Gasteiger partial charge in [-0.1, -0.05) is 39.0 Å². The minimum absolute atomic E-state index is 0.126. The van der Waals surface area contributed by atoms with Gasteiger partial charge in [0.15, 0.2) is 0 Å². The molecule has 0 atom stereocenters. The Balaban J connectivity index is 2.15. The lowest BCUT2D eigenvalue weighted by Gasteiger charge is -2.16. The maximum Gasteiger partial charge on any atom is 0.148 e. The van der Waals surface area contributed by atoms with Crippen molar-refractivity contribution in [3.63, 3.8) is 0 Å². The molecule has 20 heavy (non-hydrogen) atoms. The van der Waals surface area contributed by atoms with Gasteiger partial charge < -0.3 is 0 Å². The SMILES string of the molecule is CCn1nc(CC(=O)CSC(C)(C)C)c2ccccc21. The summed E-state index contributed by atoms with van der Waals surface area (Å²) in [5, 5.41) is 5.68. The van der Waals surface area contributed by atoms with E-state index in [1.54, 1.807) is 11.8 Å². The van der Waals surface area contributed by atoms with E-state index in [9.17, 15) is 4.79 Å². The van der Waals surface area contributed by atoms with Crippen LogP contribution in [-0.4, -0.2) is 26.1 Å². The van der Waals surface area contributed by atoms with Gasteiger partial charge in [0.2, 0.25) is 0 Å². The Hall–Kier alpha value is -1.29. The van der Waals surface area contributed by atoms with Gasteiger partial charge in [0, 0.05) is 16.7 Å². The molecule has 0 saturated carbocycles. The summed E-state index contributed by atoms with van der Waals surface area (Å²) in [4.78, 5) is 12.1. The minimum atomic E-state index is 0.126. The summed E-state index contributed by atoms with van der Waals surface area (Å²) in [6.07, 6.45) is 0.427. The Bertz CT molecular complexity index is 610. The van der Waals surface area contributed by atoms with Crippen molar-refractivity contribution in [1.82, 2.24) is 9.78 Å². The number of Topliss-reactive ketones (excluding diaryl/α,β-unsaturated/α-hetero) is 1. The average Bonchev–Trinajstić information content (AvgIpc) is 2.74. The van der Waals surface area contributed by atoms with Gasteiger partial charge >= 0.3 is 0 Å². The van der Waals surface area contributed by atoms with Crippen LogP contribution in [0.2, 0.25) is 0 Å². The van der Waals surface area contributed by atoms with Crippen LogP contribution in [0.4, 0.5) is 0 Å². The number of rotatable bonds is 5. The number of benzene rings is 1. The fraction of sp³-hybridized carbons (Fsp3) is 0.500. The first-order chi connectivity index (χ1) is 9.40. The number of hydrogen-bond acceptors (Lipinski definition) is 3. The van der Waals surface area contributed by atoms with E-state index in [1.165, 1.54) is 0 Å². The lowest BCUT2D eigenvalue weighted by molar-refractivity contribution is -0.116. The molecule has 1 aromatic carbocycles. The summed E-state index contributed by atoms with van der Waals surface area (Å²) < 4.78 is 2.09. The van der Waals surface area contributed by atoms with Crippen LogP contribution in [-0.2, 0) is 17.8 Å². The van der Waals surface area contributed by atoms with Crippen molar-refractivity contribution in [1.29, 1.82) is 0 Å². The highest BCUT2D eigenvalue weighted by molar-refractivity contribution is 8.01. The maximum atomic E-state index is 12.1. The molecule has 0 unspecified atom stereocenters.